The van der Waals surface area contributed by atoms with Crippen molar-refractivity contribution in [3.8, 4) is 0 Å². The lowest BCUT2D eigenvalue weighted by Crippen LogP contribution is -2.50. The van der Waals surface area contributed by atoms with Gasteiger partial charge in [0.2, 0.25) is 5.91 Å². The molecule has 4 heteroatoms. The van der Waals surface area contributed by atoms with Gasteiger partial charge in [-0.3, -0.25) is 9.59 Å². The first-order valence-electron chi connectivity index (χ1n) is 8.15. The highest BCUT2D eigenvalue weighted by atomic mass is 16.2. The summed E-state index contributed by atoms with van der Waals surface area (Å²) < 4.78 is 0. The van der Waals surface area contributed by atoms with Gasteiger partial charge in [0.15, 0.2) is 0 Å². The maximum Gasteiger partial charge on any atom is 0.251 e. The Labute approximate surface area is 132 Å². The third-order valence-electron chi connectivity index (χ3n) is 4.46. The van der Waals surface area contributed by atoms with Crippen molar-refractivity contribution in [2.75, 3.05) is 0 Å². The van der Waals surface area contributed by atoms with E-state index in [1.54, 1.807) is 13.0 Å². The van der Waals surface area contributed by atoms with Crippen LogP contribution in [0.4, 0.5) is 0 Å². The van der Waals surface area contributed by atoms with Crippen molar-refractivity contribution in [2.24, 2.45) is 5.92 Å². The fourth-order valence-electron chi connectivity index (χ4n) is 2.97. The van der Waals surface area contributed by atoms with E-state index in [4.69, 9.17) is 0 Å². The molecular weight excluding hydrogens is 276 g/mol. The molecule has 0 spiro atoms. The molecule has 0 bridgehead atoms. The Hall–Kier alpha value is -1.84. The SMILES string of the molecule is Cc1cccc(C(=O)NC(C)C(=O)NC2CCCCC2C)c1. The van der Waals surface area contributed by atoms with Crippen LogP contribution in [0.5, 0.6) is 0 Å². The molecule has 3 unspecified atom stereocenters. The summed E-state index contributed by atoms with van der Waals surface area (Å²) in [6.07, 6.45) is 4.60. The molecule has 1 aromatic rings. The van der Waals surface area contributed by atoms with Crippen molar-refractivity contribution in [3.05, 3.63) is 35.4 Å². The van der Waals surface area contributed by atoms with Crippen molar-refractivity contribution < 1.29 is 9.59 Å². The summed E-state index contributed by atoms with van der Waals surface area (Å²) in [7, 11) is 0. The van der Waals surface area contributed by atoms with Gasteiger partial charge in [0, 0.05) is 11.6 Å². The monoisotopic (exact) mass is 302 g/mol. The fraction of sp³-hybridized carbons (Fsp3) is 0.556. The molecule has 22 heavy (non-hydrogen) atoms. The summed E-state index contributed by atoms with van der Waals surface area (Å²) in [6, 6.07) is 7.08. The minimum Gasteiger partial charge on any atom is -0.351 e. The molecule has 0 radical (unpaired) electrons. The molecule has 2 N–H and O–H groups in total. The normalized spacial score (nSPS) is 22.7. The number of aryl methyl sites for hydroxylation is 1. The Kier molecular flexibility index (Phi) is 5.58. The quantitative estimate of drug-likeness (QED) is 0.898. The Morgan fingerprint density at radius 3 is 2.64 bits per heavy atom. The number of rotatable bonds is 4. The first-order chi connectivity index (χ1) is 10.5. The molecule has 0 saturated heterocycles. The van der Waals surface area contributed by atoms with Crippen LogP contribution in [0.15, 0.2) is 24.3 Å². The molecule has 1 aliphatic rings. The molecule has 4 nitrogen and oxygen atoms in total. The lowest BCUT2D eigenvalue weighted by molar-refractivity contribution is -0.123. The first-order valence-corrected chi connectivity index (χ1v) is 8.15. The number of benzene rings is 1. The van der Waals surface area contributed by atoms with Gasteiger partial charge >= 0.3 is 0 Å². The van der Waals surface area contributed by atoms with Gasteiger partial charge in [-0.1, -0.05) is 37.5 Å². The van der Waals surface area contributed by atoms with Crippen LogP contribution in [0.1, 0.15) is 55.5 Å². The minimum absolute atomic E-state index is 0.0975. The third kappa shape index (κ3) is 4.33. The van der Waals surface area contributed by atoms with Crippen LogP contribution in [0.2, 0.25) is 0 Å². The van der Waals surface area contributed by atoms with Crippen LogP contribution in [-0.4, -0.2) is 23.9 Å². The van der Waals surface area contributed by atoms with Gasteiger partial charge in [0.25, 0.3) is 5.91 Å². The number of hydrogen-bond acceptors (Lipinski definition) is 2. The van der Waals surface area contributed by atoms with E-state index in [9.17, 15) is 9.59 Å². The Morgan fingerprint density at radius 2 is 1.95 bits per heavy atom. The lowest BCUT2D eigenvalue weighted by Gasteiger charge is -2.30. The van der Waals surface area contributed by atoms with Crippen LogP contribution < -0.4 is 10.6 Å². The zero-order chi connectivity index (χ0) is 16.1. The molecule has 1 aliphatic carbocycles. The molecule has 1 fully saturated rings. The van der Waals surface area contributed by atoms with Crippen LogP contribution in [0.3, 0.4) is 0 Å². The number of hydrogen-bond donors (Lipinski definition) is 2. The molecule has 0 aliphatic heterocycles. The standard InChI is InChI=1S/C18H26N2O2/c1-12-7-6-9-15(11-12)18(22)19-14(3)17(21)20-16-10-5-4-8-13(16)2/h6-7,9,11,13-14,16H,4-5,8,10H2,1-3H3,(H,19,22)(H,20,21). The van der Waals surface area contributed by atoms with Crippen LogP contribution in [-0.2, 0) is 4.79 Å². The summed E-state index contributed by atoms with van der Waals surface area (Å²) in [5, 5.41) is 5.86. The molecule has 2 amide bonds. The molecule has 2 rings (SSSR count). The number of amides is 2. The van der Waals surface area contributed by atoms with Gasteiger partial charge < -0.3 is 10.6 Å². The van der Waals surface area contributed by atoms with Crippen LogP contribution >= 0.6 is 0 Å². The predicted molar refractivity (Wildman–Crippen MR) is 87.7 cm³/mol. The Morgan fingerprint density at radius 1 is 1.23 bits per heavy atom. The van der Waals surface area contributed by atoms with Crippen molar-refractivity contribution >= 4 is 11.8 Å². The maximum atomic E-state index is 12.3. The van der Waals surface area contributed by atoms with Crippen LogP contribution in [0, 0.1) is 12.8 Å². The van der Waals surface area contributed by atoms with Crippen molar-refractivity contribution in [2.45, 2.75) is 58.5 Å². The van der Waals surface area contributed by atoms with E-state index in [1.165, 1.54) is 12.8 Å². The summed E-state index contributed by atoms with van der Waals surface area (Å²) in [5.74, 6) is 0.208. The smallest absolute Gasteiger partial charge is 0.251 e. The van der Waals surface area contributed by atoms with Gasteiger partial charge in [-0.25, -0.2) is 0 Å². The highest BCUT2D eigenvalue weighted by Crippen LogP contribution is 2.23. The second kappa shape index (κ2) is 7.43. The van der Waals surface area contributed by atoms with Gasteiger partial charge in [0.1, 0.15) is 6.04 Å². The Bertz CT molecular complexity index is 542. The fourth-order valence-corrected chi connectivity index (χ4v) is 2.97. The highest BCUT2D eigenvalue weighted by molar-refractivity contribution is 5.97. The molecule has 3 atom stereocenters. The van der Waals surface area contributed by atoms with E-state index in [0.717, 1.165) is 18.4 Å². The van der Waals surface area contributed by atoms with E-state index in [1.807, 2.05) is 25.1 Å². The van der Waals surface area contributed by atoms with Gasteiger partial charge in [-0.15, -0.1) is 0 Å². The largest absolute Gasteiger partial charge is 0.351 e. The maximum absolute atomic E-state index is 12.3. The predicted octanol–water partition coefficient (Wildman–Crippen LogP) is 2.81. The first kappa shape index (κ1) is 16.5. The van der Waals surface area contributed by atoms with E-state index in [2.05, 4.69) is 17.6 Å². The summed E-state index contributed by atoms with van der Waals surface area (Å²) in [6.45, 7) is 5.86. The summed E-state index contributed by atoms with van der Waals surface area (Å²) in [4.78, 5) is 24.4. The Balaban J connectivity index is 1.89. The second-order valence-electron chi connectivity index (χ2n) is 6.44. The summed E-state index contributed by atoms with van der Waals surface area (Å²) >= 11 is 0. The summed E-state index contributed by atoms with van der Waals surface area (Å²) in [5.41, 5.74) is 1.62. The zero-order valence-electron chi connectivity index (χ0n) is 13.7. The number of nitrogens with one attached hydrogen (secondary N) is 2. The molecule has 1 aromatic carbocycles. The number of carbonyl (C=O) groups is 2. The van der Waals surface area contributed by atoms with Gasteiger partial charge in [0.05, 0.1) is 0 Å². The average molecular weight is 302 g/mol. The van der Waals surface area contributed by atoms with E-state index >= 15 is 0 Å². The third-order valence-corrected chi connectivity index (χ3v) is 4.46. The van der Waals surface area contributed by atoms with Gasteiger partial charge in [-0.2, -0.15) is 0 Å². The molecule has 0 aromatic heterocycles. The lowest BCUT2D eigenvalue weighted by atomic mass is 9.86. The molecular formula is C18H26N2O2. The molecule has 0 heterocycles. The van der Waals surface area contributed by atoms with Crippen LogP contribution in [0.25, 0.3) is 0 Å². The highest BCUT2D eigenvalue weighted by Gasteiger charge is 2.25. The van der Waals surface area contributed by atoms with Crippen molar-refractivity contribution in [1.29, 1.82) is 0 Å². The minimum atomic E-state index is -0.526. The molecule has 1 saturated carbocycles. The topological polar surface area (TPSA) is 58.2 Å². The average Bonchev–Trinajstić information content (AvgIpc) is 2.49. The van der Waals surface area contributed by atoms with Crippen molar-refractivity contribution in [3.63, 3.8) is 0 Å². The van der Waals surface area contributed by atoms with Gasteiger partial charge in [-0.05, 0) is 44.7 Å². The van der Waals surface area contributed by atoms with E-state index in [0.29, 0.717) is 11.5 Å². The second-order valence-corrected chi connectivity index (χ2v) is 6.44. The zero-order valence-corrected chi connectivity index (χ0v) is 13.7. The number of carbonyl (C=O) groups excluding carboxylic acids is 2. The molecule has 120 valence electrons. The van der Waals surface area contributed by atoms with Crippen molar-refractivity contribution in [1.82, 2.24) is 10.6 Å². The van der Waals surface area contributed by atoms with E-state index < -0.39 is 6.04 Å². The van der Waals surface area contributed by atoms with E-state index in [-0.39, 0.29) is 17.9 Å².